The van der Waals surface area contributed by atoms with Crippen LogP contribution in [-0.4, -0.2) is 56.8 Å². The molecular weight excluding hydrogens is 409 g/mol. The number of hydrogen-bond donors (Lipinski definition) is 1. The van der Waals surface area contributed by atoms with Gasteiger partial charge in [0.1, 0.15) is 11.6 Å². The molecule has 7 nitrogen and oxygen atoms in total. The van der Waals surface area contributed by atoms with Crippen LogP contribution in [0.3, 0.4) is 0 Å². The van der Waals surface area contributed by atoms with Crippen LogP contribution in [0.15, 0.2) is 52.0 Å². The summed E-state index contributed by atoms with van der Waals surface area (Å²) in [5.74, 6) is 0.218. The number of carbonyl (C=O) groups is 1. The highest BCUT2D eigenvalue weighted by Gasteiger charge is 2.26. The molecular formula is C21H28FN3O4S. The highest BCUT2D eigenvalue weighted by Crippen LogP contribution is 2.25. The molecule has 164 valence electrons. The normalized spacial score (nSPS) is 16.1. The first kappa shape index (κ1) is 22.5. The molecule has 1 aliphatic heterocycles. The predicted molar refractivity (Wildman–Crippen MR) is 111 cm³/mol. The third-order valence-corrected chi connectivity index (χ3v) is 7.22. The summed E-state index contributed by atoms with van der Waals surface area (Å²) < 4.78 is 44.8. The van der Waals surface area contributed by atoms with Gasteiger partial charge in [-0.3, -0.25) is 9.69 Å². The van der Waals surface area contributed by atoms with E-state index in [1.54, 1.807) is 6.26 Å². The van der Waals surface area contributed by atoms with Gasteiger partial charge < -0.3 is 9.73 Å². The number of hydrogen-bond acceptors (Lipinski definition) is 5. The number of nitrogens with zero attached hydrogens (tertiary/aromatic N) is 2. The molecule has 3 rings (SSSR count). The van der Waals surface area contributed by atoms with Crippen LogP contribution in [0.25, 0.3) is 0 Å². The van der Waals surface area contributed by atoms with E-state index in [9.17, 15) is 17.6 Å². The van der Waals surface area contributed by atoms with Gasteiger partial charge >= 0.3 is 0 Å². The molecule has 1 unspecified atom stereocenters. The highest BCUT2D eigenvalue weighted by molar-refractivity contribution is 7.89. The van der Waals surface area contributed by atoms with Crippen molar-refractivity contribution in [2.24, 2.45) is 0 Å². The van der Waals surface area contributed by atoms with E-state index in [0.29, 0.717) is 13.0 Å². The zero-order chi connectivity index (χ0) is 21.6. The molecule has 2 aromatic rings. The van der Waals surface area contributed by atoms with E-state index >= 15 is 0 Å². The van der Waals surface area contributed by atoms with Crippen LogP contribution >= 0.6 is 0 Å². The minimum Gasteiger partial charge on any atom is -0.468 e. The second-order valence-corrected chi connectivity index (χ2v) is 9.51. The van der Waals surface area contributed by atoms with Gasteiger partial charge in [-0.05, 0) is 68.8 Å². The van der Waals surface area contributed by atoms with Crippen molar-refractivity contribution < 1.29 is 22.0 Å². The van der Waals surface area contributed by atoms with Gasteiger partial charge in [-0.15, -0.1) is 0 Å². The summed E-state index contributed by atoms with van der Waals surface area (Å²) in [6.45, 7) is 2.61. The van der Waals surface area contributed by atoms with Crippen LogP contribution in [0.4, 0.5) is 4.39 Å². The Morgan fingerprint density at radius 2 is 1.93 bits per heavy atom. The number of nitrogens with one attached hydrogen (secondary N) is 1. The number of furan rings is 1. The van der Waals surface area contributed by atoms with Crippen molar-refractivity contribution in [2.45, 2.75) is 36.6 Å². The number of likely N-dealkylation sites (tertiary alicyclic amines) is 1. The Bertz CT molecular complexity index is 910. The smallest absolute Gasteiger partial charge is 0.242 e. The van der Waals surface area contributed by atoms with Gasteiger partial charge in [0.2, 0.25) is 15.9 Å². The van der Waals surface area contributed by atoms with E-state index in [-0.39, 0.29) is 29.8 Å². The van der Waals surface area contributed by atoms with Gasteiger partial charge in [-0.25, -0.2) is 17.1 Å². The fourth-order valence-corrected chi connectivity index (χ4v) is 4.82. The van der Waals surface area contributed by atoms with Crippen LogP contribution in [0.2, 0.25) is 0 Å². The highest BCUT2D eigenvalue weighted by atomic mass is 32.2. The van der Waals surface area contributed by atoms with Crippen LogP contribution in [0.5, 0.6) is 0 Å². The number of halogens is 1. The number of sulfonamides is 1. The summed E-state index contributed by atoms with van der Waals surface area (Å²) in [5.41, 5.74) is 0. The number of rotatable bonds is 10. The minimum atomic E-state index is -3.70. The third-order valence-electron chi connectivity index (χ3n) is 5.34. The van der Waals surface area contributed by atoms with Crippen molar-refractivity contribution in [2.75, 3.05) is 33.2 Å². The summed E-state index contributed by atoms with van der Waals surface area (Å²) in [4.78, 5) is 14.6. The molecule has 9 heteroatoms. The lowest BCUT2D eigenvalue weighted by molar-refractivity contribution is -0.121. The number of benzene rings is 1. The Kier molecular flexibility index (Phi) is 7.63. The predicted octanol–water partition coefficient (Wildman–Crippen LogP) is 2.77. The molecule has 2 heterocycles. The molecule has 1 N–H and O–H groups in total. The maximum Gasteiger partial charge on any atom is 0.242 e. The molecule has 30 heavy (non-hydrogen) atoms. The van der Waals surface area contributed by atoms with Gasteiger partial charge in [0.25, 0.3) is 0 Å². The molecule has 1 fully saturated rings. The Morgan fingerprint density at radius 3 is 2.57 bits per heavy atom. The lowest BCUT2D eigenvalue weighted by Gasteiger charge is -2.26. The standard InChI is InChI=1S/C21H28FN3O4S/c1-24(30(27,28)18-10-8-17(22)9-11-18)12-4-7-21(26)23-16-19(20-6-5-15-29-20)25-13-2-3-14-25/h5-6,8-11,15,19H,2-4,7,12-14,16H2,1H3,(H,23,26). The molecule has 1 aromatic carbocycles. The van der Waals surface area contributed by atoms with Crippen molar-refractivity contribution >= 4 is 15.9 Å². The monoisotopic (exact) mass is 437 g/mol. The molecule has 0 saturated carbocycles. The molecule has 1 amide bonds. The van der Waals surface area contributed by atoms with Crippen molar-refractivity contribution in [1.29, 1.82) is 0 Å². The zero-order valence-electron chi connectivity index (χ0n) is 17.1. The van der Waals surface area contributed by atoms with Gasteiger partial charge in [0, 0.05) is 26.6 Å². The largest absolute Gasteiger partial charge is 0.468 e. The van der Waals surface area contributed by atoms with E-state index in [1.807, 2.05) is 12.1 Å². The fraction of sp³-hybridized carbons (Fsp3) is 0.476. The van der Waals surface area contributed by atoms with E-state index in [2.05, 4.69) is 10.2 Å². The Morgan fingerprint density at radius 1 is 1.23 bits per heavy atom. The summed E-state index contributed by atoms with van der Waals surface area (Å²) >= 11 is 0. The molecule has 0 aliphatic carbocycles. The average molecular weight is 438 g/mol. The van der Waals surface area contributed by atoms with Gasteiger partial charge in [-0.1, -0.05) is 0 Å². The molecule has 1 aliphatic rings. The number of carbonyl (C=O) groups excluding carboxylic acids is 1. The fourth-order valence-electron chi connectivity index (χ4n) is 3.61. The summed E-state index contributed by atoms with van der Waals surface area (Å²) in [6, 6.07) is 8.48. The maximum atomic E-state index is 13.0. The van der Waals surface area contributed by atoms with Crippen molar-refractivity contribution in [3.8, 4) is 0 Å². The minimum absolute atomic E-state index is 0.00739. The van der Waals surface area contributed by atoms with Crippen LogP contribution in [0, 0.1) is 5.82 Å². The second-order valence-electron chi connectivity index (χ2n) is 7.46. The second kappa shape index (κ2) is 10.2. The van der Waals surface area contributed by atoms with Crippen LogP contribution in [0.1, 0.15) is 37.5 Å². The molecule has 1 atom stereocenters. The van der Waals surface area contributed by atoms with Crippen molar-refractivity contribution in [3.63, 3.8) is 0 Å². The first-order chi connectivity index (χ1) is 14.4. The molecule has 0 spiro atoms. The number of amides is 1. The van der Waals surface area contributed by atoms with E-state index in [1.165, 1.54) is 23.5 Å². The van der Waals surface area contributed by atoms with Crippen molar-refractivity contribution in [3.05, 3.63) is 54.2 Å². The zero-order valence-corrected chi connectivity index (χ0v) is 17.9. The summed E-state index contributed by atoms with van der Waals surface area (Å²) in [5, 5.41) is 2.95. The quantitative estimate of drug-likeness (QED) is 0.618. The van der Waals surface area contributed by atoms with Gasteiger partial charge in [-0.2, -0.15) is 0 Å². The van der Waals surface area contributed by atoms with E-state index < -0.39 is 15.8 Å². The first-order valence-corrected chi connectivity index (χ1v) is 11.6. The maximum absolute atomic E-state index is 13.0. The lowest BCUT2D eigenvalue weighted by Crippen LogP contribution is -2.37. The van der Waals surface area contributed by atoms with E-state index in [0.717, 1.165) is 43.8 Å². The Labute approximate surface area is 176 Å². The van der Waals surface area contributed by atoms with E-state index in [4.69, 9.17) is 4.42 Å². The lowest BCUT2D eigenvalue weighted by atomic mass is 10.2. The molecule has 1 saturated heterocycles. The summed E-state index contributed by atoms with van der Waals surface area (Å²) in [6.07, 6.45) is 4.52. The Balaban J connectivity index is 1.46. The van der Waals surface area contributed by atoms with Crippen LogP contribution in [-0.2, 0) is 14.8 Å². The Hall–Kier alpha value is -2.23. The molecule has 0 radical (unpaired) electrons. The molecule has 1 aromatic heterocycles. The average Bonchev–Trinajstić information content (AvgIpc) is 3.43. The summed E-state index contributed by atoms with van der Waals surface area (Å²) in [7, 11) is -2.25. The molecule has 0 bridgehead atoms. The van der Waals surface area contributed by atoms with Crippen LogP contribution < -0.4 is 5.32 Å². The third kappa shape index (κ3) is 5.68. The topological polar surface area (TPSA) is 82.9 Å². The SMILES string of the molecule is CN(CCCC(=O)NCC(c1ccco1)N1CCCC1)S(=O)(=O)c1ccc(F)cc1. The first-order valence-electron chi connectivity index (χ1n) is 10.1. The van der Waals surface area contributed by atoms with Gasteiger partial charge in [0.15, 0.2) is 0 Å². The van der Waals surface area contributed by atoms with Crippen molar-refractivity contribution in [1.82, 2.24) is 14.5 Å². The van der Waals surface area contributed by atoms with Gasteiger partial charge in [0.05, 0.1) is 17.2 Å².